The first-order valence-corrected chi connectivity index (χ1v) is 10.6. The quantitative estimate of drug-likeness (QED) is 0.152. The third-order valence-corrected chi connectivity index (χ3v) is 2.37. The second kappa shape index (κ2) is 32.7. The summed E-state index contributed by atoms with van der Waals surface area (Å²) < 4.78 is 68.5. The summed E-state index contributed by atoms with van der Waals surface area (Å²) in [5.41, 5.74) is -3.15. The van der Waals surface area contributed by atoms with Gasteiger partial charge >= 0.3 is 152 Å². The van der Waals surface area contributed by atoms with Crippen LogP contribution in [-0.2, 0) is 163 Å². The van der Waals surface area contributed by atoms with E-state index in [9.17, 15) is 39.6 Å². The molecule has 0 bridgehead atoms. The van der Waals surface area contributed by atoms with Crippen molar-refractivity contribution in [3.05, 3.63) is 29.8 Å². The molecule has 1 aromatic rings. The van der Waals surface area contributed by atoms with Gasteiger partial charge in [0.1, 0.15) is 5.60 Å². The number of carbonyl (C=O) groups is 4. The number of aliphatic carboxylic acids is 3. The van der Waals surface area contributed by atoms with Crippen LogP contribution in [-0.4, -0.2) is 57.2 Å². The first kappa shape index (κ1) is 68.1. The second-order valence-electron chi connectivity index (χ2n) is 5.03. The average Bonchev–Trinajstić information content (AvgIpc) is 2.50. The Morgan fingerprint density at radius 2 is 1.05 bits per heavy atom. The van der Waals surface area contributed by atoms with Crippen LogP contribution in [0.25, 0.3) is 0 Å². The molecular weight excluding hydrogens is 956 g/mol. The molecule has 0 aliphatic rings. The van der Waals surface area contributed by atoms with Gasteiger partial charge in [-0.1, -0.05) is 23.9 Å². The van der Waals surface area contributed by atoms with Crippen LogP contribution in [0.4, 0.5) is 0 Å². The number of aromatic carboxylic acids is 1. The third-order valence-electron chi connectivity index (χ3n) is 2.37. The van der Waals surface area contributed by atoms with Crippen LogP contribution in [0.5, 0.6) is 5.75 Å². The van der Waals surface area contributed by atoms with E-state index in [0.717, 1.165) is 0 Å². The molecule has 0 amide bonds. The van der Waals surface area contributed by atoms with Crippen LogP contribution in [0.3, 0.4) is 0 Å². The Hall–Kier alpha value is 0.813. The first-order chi connectivity index (χ1) is 14.5. The molecule has 0 aliphatic carbocycles. The maximum absolute atomic E-state index is 10.7. The van der Waals surface area contributed by atoms with E-state index in [2.05, 4.69) is 0 Å². The van der Waals surface area contributed by atoms with Crippen molar-refractivity contribution in [1.82, 2.24) is 0 Å². The molecule has 0 unspecified atom stereocenters. The van der Waals surface area contributed by atoms with Crippen molar-refractivity contribution in [2.45, 2.75) is 18.4 Å². The van der Waals surface area contributed by atoms with Gasteiger partial charge in [-0.2, -0.15) is 0 Å². The summed E-state index contributed by atoms with van der Waals surface area (Å²) in [5, 5.41) is 58.0. The summed E-state index contributed by atoms with van der Waals surface area (Å²) in [6.07, 6.45) is -2.72. The van der Waals surface area contributed by atoms with E-state index in [4.69, 9.17) is 43.7 Å². The zero-order chi connectivity index (χ0) is 27.2. The fourth-order valence-corrected chi connectivity index (χ4v) is 1.33. The van der Waals surface area contributed by atoms with Crippen molar-refractivity contribution in [3.8, 4) is 5.75 Å². The zero-order valence-electron chi connectivity index (χ0n) is 20.1. The fourth-order valence-electron chi connectivity index (χ4n) is 1.33. The molecule has 0 heterocycles. The van der Waals surface area contributed by atoms with Gasteiger partial charge in [-0.3, -0.25) is 8.42 Å². The summed E-state index contributed by atoms with van der Waals surface area (Å²) in [4.78, 5) is 40.2. The number of carbonyl (C=O) groups excluding carboxylic acids is 3. The zero-order valence-corrected chi connectivity index (χ0v) is 40.7. The van der Waals surface area contributed by atoms with E-state index in [1.807, 2.05) is 0 Å². The van der Waals surface area contributed by atoms with E-state index < -0.39 is 72.1 Å². The van der Waals surface area contributed by atoms with Crippen molar-refractivity contribution in [2.75, 3.05) is 0 Å². The third kappa shape index (κ3) is 54.8. The Kier molecular flexibility index (Phi) is 55.7. The second-order valence-corrected chi connectivity index (χ2v) is 7.13. The number of hydrogen-bond donors (Lipinski definition) is 2. The van der Waals surface area contributed by atoms with Gasteiger partial charge in [0.2, 0.25) is 0 Å². The topological polar surface area (TPSA) is 362 Å². The van der Waals surface area contributed by atoms with Crippen molar-refractivity contribution < 1.29 is 226 Å². The Morgan fingerprint density at radius 3 is 1.20 bits per heavy atom. The van der Waals surface area contributed by atoms with E-state index in [0.29, 0.717) is 0 Å². The maximum Gasteiger partial charge on any atom is 2.00 e. The normalized spacial score (nSPS) is 8.72. The SMILES string of the molecule is O=C(O)c1ccccc1[O-].O=C([O-])CC(O)(CC(=O)[O-])C(=O)[O-].O=S(=O)([O-])[O-].[Cl-].[O]=[Cr](=[O])([O-])[O-].[Zn+2].[Zn+2].[Zn+2].[Zn+2].[Zn+2].[Zn+2]. The molecule has 0 saturated heterocycles. The van der Waals surface area contributed by atoms with Crippen molar-refractivity contribution in [1.29, 1.82) is 0 Å². The molecule has 198 valence electrons. The molecule has 0 aliphatic heterocycles. The molecule has 0 spiro atoms. The van der Waals surface area contributed by atoms with Crippen LogP contribution in [0, 0.1) is 0 Å². The number of benzene rings is 1. The number of carboxylic acids is 4. The fraction of sp³-hybridized carbons (Fsp3) is 0.231. The van der Waals surface area contributed by atoms with Gasteiger partial charge in [0.15, 0.2) is 0 Å². The molecule has 0 radical (unpaired) electrons. The van der Waals surface area contributed by atoms with Gasteiger partial charge in [-0.15, -0.1) is 0 Å². The van der Waals surface area contributed by atoms with Crippen LogP contribution >= 0.6 is 0 Å². The molecule has 27 heteroatoms. The summed E-state index contributed by atoms with van der Waals surface area (Å²) >= 11 is -5.75. The van der Waals surface area contributed by atoms with Crippen molar-refractivity contribution >= 4 is 34.3 Å². The van der Waals surface area contributed by atoms with Crippen molar-refractivity contribution in [2.24, 2.45) is 0 Å². The number of carboxylic acid groups (broad SMARTS) is 4. The van der Waals surface area contributed by atoms with Gasteiger partial charge in [0.05, 0.1) is 11.5 Å². The van der Waals surface area contributed by atoms with Crippen LogP contribution in [0.1, 0.15) is 23.2 Å². The van der Waals surface area contributed by atoms with Gasteiger partial charge < -0.3 is 66.5 Å². The standard InChI is InChI=1S/C7H6O3.C6H8O7.ClH.Cr.H2O4S.4O.6Zn/c8-6-4-2-1-3-5(6)7(9)10;7-3(8)1-6(13,5(11)12)2-4(9)10;;;1-5(2,3)4;;;;;;;;;;/h1-4,8H,(H,9,10);13H,1-2H2,(H,7,8)(H,9,10)(H,11,12);1H;;(H2,1,2,3,4);;;;;;;;;;/q;;;;;;;2*-1;6*+2/p-7. The number of rotatable bonds is 6. The molecule has 1 rings (SSSR count). The van der Waals surface area contributed by atoms with Gasteiger partial charge in [0.25, 0.3) is 0 Å². The van der Waals surface area contributed by atoms with Gasteiger partial charge in [-0.05, 0) is 6.07 Å². The minimum Gasteiger partial charge on any atom is 2.00 e. The number of aliphatic hydroxyl groups is 1. The Morgan fingerprint density at radius 1 is 0.800 bits per heavy atom. The largest absolute Gasteiger partial charge is 2.00 e. The van der Waals surface area contributed by atoms with E-state index in [1.165, 1.54) is 24.3 Å². The first-order valence-electron chi connectivity index (χ1n) is 7.16. The molecule has 1 aromatic carbocycles. The summed E-state index contributed by atoms with van der Waals surface area (Å²) in [7, 11) is -5.17. The number of para-hydroxylation sites is 1. The number of halogens is 1. The van der Waals surface area contributed by atoms with E-state index >= 15 is 0 Å². The smallest absolute Gasteiger partial charge is 2.00 e. The monoisotopic (exact) mass is 956 g/mol. The minimum absolute atomic E-state index is 0. The maximum atomic E-state index is 10.7. The molecule has 18 nitrogen and oxygen atoms in total. The molecular formula is C13H10ClCrO18SZn6+3. The van der Waals surface area contributed by atoms with E-state index in [1.54, 1.807) is 0 Å². The minimum atomic E-state index is -5.75. The van der Waals surface area contributed by atoms with Crippen LogP contribution in [0.15, 0.2) is 24.3 Å². The van der Waals surface area contributed by atoms with Crippen LogP contribution in [0.2, 0.25) is 0 Å². The molecule has 0 fully saturated rings. The van der Waals surface area contributed by atoms with Gasteiger partial charge in [0, 0.05) is 35.2 Å². The summed E-state index contributed by atoms with van der Waals surface area (Å²) in [6.45, 7) is 0. The Balaban J connectivity index is -0.0000000377. The summed E-state index contributed by atoms with van der Waals surface area (Å²) in [5.74, 6) is -7.61. The van der Waals surface area contributed by atoms with E-state index in [-0.39, 0.29) is 135 Å². The van der Waals surface area contributed by atoms with Crippen molar-refractivity contribution in [3.63, 3.8) is 0 Å². The van der Waals surface area contributed by atoms with Gasteiger partial charge in [-0.25, -0.2) is 4.79 Å². The average molecular weight is 966 g/mol. The molecule has 0 saturated carbocycles. The molecule has 0 atom stereocenters. The van der Waals surface area contributed by atoms with Crippen LogP contribution < -0.4 is 41.1 Å². The Bertz CT molecular complexity index is 996. The number of hydrogen-bond acceptors (Lipinski definition) is 17. The Labute approximate surface area is 311 Å². The molecule has 2 N–H and O–H groups in total. The molecule has 40 heavy (non-hydrogen) atoms. The summed E-state index contributed by atoms with van der Waals surface area (Å²) in [6, 6.07) is 5.54. The molecule has 0 aromatic heterocycles. The predicted octanol–water partition coefficient (Wildman–Crippen LogP) is -11.8. The predicted molar refractivity (Wildman–Crippen MR) is 73.9 cm³/mol.